The Hall–Kier alpha value is -2.53. The van der Waals surface area contributed by atoms with Crippen LogP contribution in [-0.2, 0) is 9.53 Å². The number of amides is 2. The Labute approximate surface area is 176 Å². The van der Waals surface area contributed by atoms with Crippen molar-refractivity contribution in [1.82, 2.24) is 19.9 Å². The first kappa shape index (κ1) is 21.2. The number of aliphatic hydroxyl groups excluding tert-OH is 1. The van der Waals surface area contributed by atoms with Crippen LogP contribution >= 0.6 is 15.9 Å². The van der Waals surface area contributed by atoms with Crippen molar-refractivity contribution in [3.63, 3.8) is 0 Å². The molecule has 1 fully saturated rings. The van der Waals surface area contributed by atoms with Gasteiger partial charge in [-0.25, -0.2) is 19.7 Å². The largest absolute Gasteiger partial charge is 0.444 e. The monoisotopic (exact) mass is 466 g/mol. The zero-order valence-electron chi connectivity index (χ0n) is 16.6. The fraction of sp³-hybridized carbons (Fsp3) is 0.500. The first-order chi connectivity index (χ1) is 13.6. The van der Waals surface area contributed by atoms with Gasteiger partial charge in [0.15, 0.2) is 17.3 Å². The van der Waals surface area contributed by atoms with E-state index in [4.69, 9.17) is 9.84 Å². The highest BCUT2D eigenvalue weighted by Gasteiger charge is 2.36. The van der Waals surface area contributed by atoms with Crippen LogP contribution in [0.1, 0.15) is 20.8 Å². The average molecular weight is 467 g/mol. The number of anilines is 2. The van der Waals surface area contributed by atoms with Gasteiger partial charge < -0.3 is 25.0 Å². The second-order valence-electron chi connectivity index (χ2n) is 7.75. The van der Waals surface area contributed by atoms with Gasteiger partial charge in [0, 0.05) is 30.8 Å². The molecule has 2 amide bonds. The molecule has 2 N–H and O–H groups in total. The lowest BCUT2D eigenvalue weighted by molar-refractivity contribution is -0.118. The van der Waals surface area contributed by atoms with Crippen LogP contribution in [0.2, 0.25) is 0 Å². The number of carbonyl (C=O) groups is 2. The highest BCUT2D eigenvalue weighted by molar-refractivity contribution is 9.10. The number of aromatic nitrogens is 3. The number of aliphatic hydroxyl groups is 1. The predicted molar refractivity (Wildman–Crippen MR) is 111 cm³/mol. The van der Waals surface area contributed by atoms with Gasteiger partial charge in [-0.3, -0.25) is 4.79 Å². The Morgan fingerprint density at radius 1 is 1.38 bits per heavy atom. The Bertz CT molecular complexity index is 942. The number of ether oxygens (including phenoxy) is 1. The van der Waals surface area contributed by atoms with E-state index in [9.17, 15) is 9.59 Å². The van der Waals surface area contributed by atoms with E-state index in [-0.39, 0.29) is 11.9 Å². The van der Waals surface area contributed by atoms with E-state index in [1.165, 1.54) is 0 Å². The molecule has 1 saturated heterocycles. The topological polar surface area (TPSA) is 121 Å². The van der Waals surface area contributed by atoms with Crippen molar-refractivity contribution >= 4 is 50.7 Å². The lowest BCUT2D eigenvalue weighted by Crippen LogP contribution is -2.60. The Morgan fingerprint density at radius 2 is 2.07 bits per heavy atom. The summed E-state index contributed by atoms with van der Waals surface area (Å²) in [5.41, 5.74) is 0.355. The molecule has 0 aromatic carbocycles. The summed E-state index contributed by atoms with van der Waals surface area (Å²) in [5.74, 6) is 0.0728. The molecule has 0 aliphatic carbocycles. The second-order valence-corrected chi connectivity index (χ2v) is 8.66. The predicted octanol–water partition coefficient (Wildman–Crippen LogP) is 1.77. The van der Waals surface area contributed by atoms with Gasteiger partial charge in [-0.1, -0.05) is 0 Å². The maximum Gasteiger partial charge on any atom is 0.410 e. The summed E-state index contributed by atoms with van der Waals surface area (Å²) >= 11 is 3.33. The number of pyridine rings is 1. The number of nitrogens with zero attached hydrogens (tertiary/aromatic N) is 5. The number of halogens is 1. The van der Waals surface area contributed by atoms with Crippen LogP contribution in [-0.4, -0.2) is 75.3 Å². The molecule has 0 spiro atoms. The fourth-order valence-corrected chi connectivity index (χ4v) is 3.06. The number of likely N-dealkylation sites (N-methyl/N-ethyl adjacent to an activating group) is 1. The molecule has 2 aromatic rings. The van der Waals surface area contributed by atoms with E-state index in [1.807, 2.05) is 25.7 Å². The number of fused-ring (bicyclic) bond motifs is 1. The van der Waals surface area contributed by atoms with Crippen LogP contribution in [0.4, 0.5) is 16.4 Å². The molecule has 3 rings (SSSR count). The molecule has 29 heavy (non-hydrogen) atoms. The van der Waals surface area contributed by atoms with Crippen LogP contribution in [0.25, 0.3) is 11.2 Å². The van der Waals surface area contributed by atoms with Crippen molar-refractivity contribution in [3.05, 3.63) is 16.7 Å². The Balaban J connectivity index is 1.80. The van der Waals surface area contributed by atoms with Crippen molar-refractivity contribution in [2.24, 2.45) is 0 Å². The zero-order chi connectivity index (χ0) is 21.3. The number of rotatable bonds is 4. The van der Waals surface area contributed by atoms with E-state index < -0.39 is 24.2 Å². The van der Waals surface area contributed by atoms with Crippen LogP contribution < -0.4 is 10.2 Å². The highest BCUT2D eigenvalue weighted by atomic mass is 79.9. The van der Waals surface area contributed by atoms with Crippen molar-refractivity contribution < 1.29 is 19.4 Å². The van der Waals surface area contributed by atoms with Gasteiger partial charge in [0.1, 0.15) is 17.7 Å². The van der Waals surface area contributed by atoms with Gasteiger partial charge >= 0.3 is 6.09 Å². The first-order valence-electron chi connectivity index (χ1n) is 9.02. The zero-order valence-corrected chi connectivity index (χ0v) is 18.2. The van der Waals surface area contributed by atoms with Gasteiger partial charge in [-0.15, -0.1) is 0 Å². The van der Waals surface area contributed by atoms with Gasteiger partial charge in [0.2, 0.25) is 0 Å². The Morgan fingerprint density at radius 3 is 2.69 bits per heavy atom. The molecule has 0 bridgehead atoms. The molecule has 0 saturated carbocycles. The molecule has 3 heterocycles. The lowest BCUT2D eigenvalue weighted by Gasteiger charge is -2.44. The molecule has 11 heteroatoms. The van der Waals surface area contributed by atoms with Crippen LogP contribution in [0.5, 0.6) is 0 Å². The van der Waals surface area contributed by atoms with Crippen LogP contribution in [0, 0.1) is 0 Å². The third kappa shape index (κ3) is 4.91. The van der Waals surface area contributed by atoms with E-state index in [1.54, 1.807) is 24.2 Å². The van der Waals surface area contributed by atoms with E-state index in [2.05, 4.69) is 36.2 Å². The molecule has 10 nitrogen and oxygen atoms in total. The standard InChI is InChI=1S/C18H23BrN6O4/c1-18(2,3)29-17(28)24(4)11-7-25(8-11)16-15(22-13(27)9-26)21-12-5-10(19)6-20-14(12)23-16/h5-6,11,26H,7-9H2,1-4H3,(H,21,22,27). The first-order valence-corrected chi connectivity index (χ1v) is 9.81. The third-order valence-corrected chi connectivity index (χ3v) is 4.70. The molecule has 0 atom stereocenters. The molecule has 0 unspecified atom stereocenters. The molecule has 1 aliphatic heterocycles. The van der Waals surface area contributed by atoms with E-state index in [0.717, 1.165) is 4.47 Å². The second kappa shape index (κ2) is 8.07. The maximum absolute atomic E-state index is 12.3. The number of nitrogens with one attached hydrogen (secondary N) is 1. The average Bonchev–Trinajstić information content (AvgIpc) is 2.59. The smallest absolute Gasteiger partial charge is 0.410 e. The van der Waals surface area contributed by atoms with Crippen molar-refractivity contribution in [1.29, 1.82) is 0 Å². The molecular formula is C18H23BrN6O4. The molecule has 0 radical (unpaired) electrons. The van der Waals surface area contributed by atoms with Gasteiger partial charge in [0.05, 0.1) is 6.04 Å². The van der Waals surface area contributed by atoms with Gasteiger partial charge in [0.25, 0.3) is 5.91 Å². The SMILES string of the molecule is CN(C(=O)OC(C)(C)C)C1CN(c2nc3ncc(Br)cc3nc2NC(=O)CO)C1. The van der Waals surface area contributed by atoms with Crippen LogP contribution in [0.3, 0.4) is 0 Å². The normalized spacial score (nSPS) is 14.5. The minimum Gasteiger partial charge on any atom is -0.444 e. The maximum atomic E-state index is 12.3. The summed E-state index contributed by atoms with van der Waals surface area (Å²) in [6.07, 6.45) is 1.22. The van der Waals surface area contributed by atoms with E-state index >= 15 is 0 Å². The van der Waals surface area contributed by atoms with E-state index in [0.29, 0.717) is 30.1 Å². The van der Waals surface area contributed by atoms with Crippen LogP contribution in [0.15, 0.2) is 16.7 Å². The molecule has 1 aliphatic rings. The van der Waals surface area contributed by atoms with Crippen molar-refractivity contribution in [2.75, 3.05) is 37.0 Å². The quantitative estimate of drug-likeness (QED) is 0.698. The minimum absolute atomic E-state index is 0.0679. The summed E-state index contributed by atoms with van der Waals surface area (Å²) in [6.45, 7) is 5.77. The summed E-state index contributed by atoms with van der Waals surface area (Å²) in [6, 6.07) is 1.67. The highest BCUT2D eigenvalue weighted by Crippen LogP contribution is 2.30. The van der Waals surface area contributed by atoms with Gasteiger partial charge in [-0.05, 0) is 42.8 Å². The summed E-state index contributed by atoms with van der Waals surface area (Å²) < 4.78 is 6.13. The third-order valence-electron chi connectivity index (χ3n) is 4.26. The molecule has 156 valence electrons. The van der Waals surface area contributed by atoms with Gasteiger partial charge in [-0.2, -0.15) is 0 Å². The van der Waals surface area contributed by atoms with Crippen molar-refractivity contribution in [2.45, 2.75) is 32.4 Å². The minimum atomic E-state index is -0.667. The van der Waals surface area contributed by atoms with Crippen molar-refractivity contribution in [3.8, 4) is 0 Å². The number of carbonyl (C=O) groups excluding carboxylic acids is 2. The summed E-state index contributed by atoms with van der Waals surface area (Å²) in [5, 5.41) is 11.6. The number of hydrogen-bond acceptors (Lipinski definition) is 8. The Kier molecular flexibility index (Phi) is 5.90. The summed E-state index contributed by atoms with van der Waals surface area (Å²) in [4.78, 5) is 40.6. The fourth-order valence-electron chi connectivity index (χ4n) is 2.75. The lowest BCUT2D eigenvalue weighted by atomic mass is 10.1. The molecule has 2 aromatic heterocycles. The summed E-state index contributed by atoms with van der Waals surface area (Å²) in [7, 11) is 1.69. The molecular weight excluding hydrogens is 444 g/mol. The number of hydrogen-bond donors (Lipinski definition) is 2.